The molecule has 0 heterocycles. The van der Waals surface area contributed by atoms with E-state index in [2.05, 4.69) is 6.58 Å². The average Bonchev–Trinajstić information content (AvgIpc) is 2.82. The van der Waals surface area contributed by atoms with Crippen molar-refractivity contribution < 1.29 is 31.1 Å². The highest BCUT2D eigenvalue weighted by atomic mass is 32.2. The first kappa shape index (κ1) is 24.5. The molecule has 0 saturated heterocycles. The fraction of sp³-hybridized carbons (Fsp3) is 0.0833. The van der Waals surface area contributed by atoms with Gasteiger partial charge in [0, 0.05) is 0 Å². The number of carbonyl (C=O) groups is 1. The van der Waals surface area contributed by atoms with Crippen LogP contribution in [0.5, 0.6) is 5.75 Å². The van der Waals surface area contributed by atoms with E-state index in [1.54, 1.807) is 12.1 Å². The van der Waals surface area contributed by atoms with E-state index in [1.165, 1.54) is 42.5 Å². The van der Waals surface area contributed by atoms with Gasteiger partial charge in [-0.15, -0.1) is 6.58 Å². The Morgan fingerprint density at radius 2 is 1.76 bits per heavy atom. The maximum atomic E-state index is 13.3. The summed E-state index contributed by atoms with van der Waals surface area (Å²) in [6.07, 6.45) is -3.43. The van der Waals surface area contributed by atoms with E-state index in [0.717, 1.165) is 28.6 Å². The SMILES string of the molecule is C=CCN(c1cccc(C(F)(F)F)c1)S(=O)(=O)c1cccc(C(=O)Oc2ccccc2C#N)c1. The minimum Gasteiger partial charge on any atom is -0.422 e. The van der Waals surface area contributed by atoms with E-state index in [4.69, 9.17) is 10.00 Å². The quantitative estimate of drug-likeness (QED) is 0.261. The summed E-state index contributed by atoms with van der Waals surface area (Å²) in [6, 6.07) is 16.7. The van der Waals surface area contributed by atoms with Gasteiger partial charge in [-0.25, -0.2) is 13.2 Å². The highest BCUT2D eigenvalue weighted by Crippen LogP contribution is 2.33. The summed E-state index contributed by atoms with van der Waals surface area (Å²) in [6.45, 7) is 3.17. The van der Waals surface area contributed by atoms with Crippen LogP contribution in [0.4, 0.5) is 18.9 Å². The van der Waals surface area contributed by atoms with Gasteiger partial charge in [-0.1, -0.05) is 30.3 Å². The number of esters is 1. The zero-order chi connectivity index (χ0) is 24.9. The lowest BCUT2D eigenvalue weighted by atomic mass is 10.2. The Morgan fingerprint density at radius 1 is 1.06 bits per heavy atom. The molecule has 0 aliphatic carbocycles. The second-order valence-electron chi connectivity index (χ2n) is 6.90. The third kappa shape index (κ3) is 5.27. The second-order valence-corrected chi connectivity index (χ2v) is 8.76. The summed E-state index contributed by atoms with van der Waals surface area (Å²) in [5, 5.41) is 9.14. The van der Waals surface area contributed by atoms with Gasteiger partial charge in [0.25, 0.3) is 10.0 Å². The Morgan fingerprint density at radius 3 is 2.44 bits per heavy atom. The van der Waals surface area contributed by atoms with E-state index in [-0.39, 0.29) is 34.0 Å². The summed E-state index contributed by atoms with van der Waals surface area (Å²) in [4.78, 5) is 12.3. The fourth-order valence-corrected chi connectivity index (χ4v) is 4.49. The molecule has 0 aliphatic heterocycles. The number of alkyl halides is 3. The van der Waals surface area contributed by atoms with Gasteiger partial charge < -0.3 is 4.74 Å². The van der Waals surface area contributed by atoms with Gasteiger partial charge in [-0.3, -0.25) is 4.31 Å². The van der Waals surface area contributed by atoms with Gasteiger partial charge in [-0.2, -0.15) is 18.4 Å². The average molecular weight is 486 g/mol. The minimum absolute atomic E-state index is 0.000472. The molecule has 3 aromatic rings. The van der Waals surface area contributed by atoms with Crippen LogP contribution in [0.2, 0.25) is 0 Å². The number of anilines is 1. The smallest absolute Gasteiger partial charge is 0.416 e. The van der Waals surface area contributed by atoms with Crippen LogP contribution in [0.1, 0.15) is 21.5 Å². The highest BCUT2D eigenvalue weighted by molar-refractivity contribution is 7.92. The van der Waals surface area contributed by atoms with E-state index in [1.807, 2.05) is 6.07 Å². The van der Waals surface area contributed by atoms with Crippen LogP contribution in [0.3, 0.4) is 0 Å². The molecule has 0 saturated carbocycles. The number of rotatable bonds is 7. The zero-order valence-electron chi connectivity index (χ0n) is 17.5. The number of para-hydroxylation sites is 1. The topological polar surface area (TPSA) is 87.5 Å². The van der Waals surface area contributed by atoms with Gasteiger partial charge in [0.15, 0.2) is 0 Å². The van der Waals surface area contributed by atoms with Crippen molar-refractivity contribution in [3.05, 3.63) is 102 Å². The molecule has 3 rings (SSSR count). The summed E-state index contributed by atoms with van der Waals surface area (Å²) in [5.74, 6) is -0.908. The first-order chi connectivity index (χ1) is 16.1. The van der Waals surface area contributed by atoms with Gasteiger partial charge in [-0.05, 0) is 48.5 Å². The van der Waals surface area contributed by atoms with Crippen molar-refractivity contribution in [2.24, 2.45) is 0 Å². The molecule has 0 radical (unpaired) electrons. The van der Waals surface area contributed by atoms with Gasteiger partial charge in [0.1, 0.15) is 11.8 Å². The van der Waals surface area contributed by atoms with Gasteiger partial charge in [0.2, 0.25) is 0 Å². The number of hydrogen-bond donors (Lipinski definition) is 0. The number of benzene rings is 3. The highest BCUT2D eigenvalue weighted by Gasteiger charge is 2.32. The standard InChI is InChI=1S/C24H17F3N2O4S/c1-2-13-29(20-10-6-9-19(15-20)24(25,26)27)34(31,32)21-11-5-8-17(14-21)23(30)33-22-12-4-3-7-18(22)16-28/h2-12,14-15H,1,13H2. The summed E-state index contributed by atoms with van der Waals surface area (Å²) < 4.78 is 72.1. The fourth-order valence-electron chi connectivity index (χ4n) is 3.01. The molecule has 3 aromatic carbocycles. The monoisotopic (exact) mass is 486 g/mol. The molecule has 10 heteroatoms. The first-order valence-electron chi connectivity index (χ1n) is 9.70. The Bertz CT molecular complexity index is 1380. The van der Waals surface area contributed by atoms with Crippen molar-refractivity contribution >= 4 is 21.7 Å². The number of nitrogens with zero attached hydrogens (tertiary/aromatic N) is 2. The van der Waals surface area contributed by atoms with Crippen molar-refractivity contribution in [3.8, 4) is 11.8 Å². The predicted octanol–water partition coefficient (Wildman–Crippen LogP) is 5.18. The molecule has 34 heavy (non-hydrogen) atoms. The third-order valence-electron chi connectivity index (χ3n) is 4.62. The molecular formula is C24H17F3N2O4S. The van der Waals surface area contributed by atoms with Crippen molar-refractivity contribution in [2.45, 2.75) is 11.1 Å². The number of sulfonamides is 1. The largest absolute Gasteiger partial charge is 0.422 e. The van der Waals surface area contributed by atoms with Crippen LogP contribution in [0.25, 0.3) is 0 Å². The van der Waals surface area contributed by atoms with Crippen molar-refractivity contribution in [1.29, 1.82) is 5.26 Å². The molecule has 0 aliphatic rings. The number of ether oxygens (including phenoxy) is 1. The molecular weight excluding hydrogens is 469 g/mol. The Balaban J connectivity index is 1.98. The number of carbonyl (C=O) groups excluding carboxylic acids is 1. The summed E-state index contributed by atoms with van der Waals surface area (Å²) >= 11 is 0. The van der Waals surface area contributed by atoms with Gasteiger partial charge in [0.05, 0.1) is 33.8 Å². The molecule has 0 aromatic heterocycles. The lowest BCUT2D eigenvalue weighted by Crippen LogP contribution is -2.31. The minimum atomic E-state index is -4.66. The summed E-state index contributed by atoms with van der Waals surface area (Å²) in [5.41, 5.74) is -1.24. The maximum Gasteiger partial charge on any atom is 0.416 e. The maximum absolute atomic E-state index is 13.3. The number of halogens is 3. The molecule has 6 nitrogen and oxygen atoms in total. The van der Waals surface area contributed by atoms with Crippen LogP contribution in [0.15, 0.2) is 90.3 Å². The van der Waals surface area contributed by atoms with Crippen LogP contribution in [0, 0.1) is 11.3 Å². The molecule has 0 spiro atoms. The van der Waals surface area contributed by atoms with E-state index in [0.29, 0.717) is 0 Å². The van der Waals surface area contributed by atoms with Crippen LogP contribution < -0.4 is 9.04 Å². The van der Waals surface area contributed by atoms with Crippen LogP contribution in [-0.4, -0.2) is 20.9 Å². The molecule has 0 fully saturated rings. The molecule has 0 N–H and O–H groups in total. The Labute approximate surface area is 194 Å². The molecule has 0 unspecified atom stereocenters. The van der Waals surface area contributed by atoms with Gasteiger partial charge >= 0.3 is 12.1 Å². The normalized spacial score (nSPS) is 11.4. The van der Waals surface area contributed by atoms with Crippen LogP contribution in [-0.2, 0) is 16.2 Å². The van der Waals surface area contributed by atoms with Crippen LogP contribution >= 0.6 is 0 Å². The molecule has 0 amide bonds. The molecule has 0 atom stereocenters. The molecule has 174 valence electrons. The van der Waals surface area contributed by atoms with E-state index in [9.17, 15) is 26.4 Å². The Hall–Kier alpha value is -4.10. The number of hydrogen-bond acceptors (Lipinski definition) is 5. The number of nitriles is 1. The second kappa shape index (κ2) is 9.80. The summed E-state index contributed by atoms with van der Waals surface area (Å²) in [7, 11) is -4.39. The predicted molar refractivity (Wildman–Crippen MR) is 119 cm³/mol. The zero-order valence-corrected chi connectivity index (χ0v) is 18.3. The third-order valence-corrected chi connectivity index (χ3v) is 6.41. The van der Waals surface area contributed by atoms with Crippen molar-refractivity contribution in [3.63, 3.8) is 0 Å². The lowest BCUT2D eigenvalue weighted by molar-refractivity contribution is -0.137. The van der Waals surface area contributed by atoms with E-state index < -0.39 is 27.7 Å². The molecule has 0 bridgehead atoms. The van der Waals surface area contributed by atoms with Crippen molar-refractivity contribution in [2.75, 3.05) is 10.8 Å². The van der Waals surface area contributed by atoms with Crippen molar-refractivity contribution in [1.82, 2.24) is 0 Å². The Kier molecular flexibility index (Phi) is 7.08. The lowest BCUT2D eigenvalue weighted by Gasteiger charge is -2.24. The van der Waals surface area contributed by atoms with E-state index >= 15 is 0 Å². The first-order valence-corrected chi connectivity index (χ1v) is 11.1.